The zero-order chi connectivity index (χ0) is 17.9. The molecule has 0 atom stereocenters. The lowest BCUT2D eigenvalue weighted by molar-refractivity contribution is 0.647. The summed E-state index contributed by atoms with van der Waals surface area (Å²) in [6.07, 6.45) is 3.07. The normalized spacial score (nSPS) is 10.5. The fourth-order valence-electron chi connectivity index (χ4n) is 2.37. The molecule has 0 aliphatic heterocycles. The maximum Gasteiger partial charge on any atom is 0.0202 e. The van der Waals surface area contributed by atoms with Gasteiger partial charge in [0.05, 0.1) is 0 Å². The molecule has 0 saturated heterocycles. The van der Waals surface area contributed by atoms with Crippen LogP contribution < -0.4 is 5.32 Å². The Morgan fingerprint density at radius 2 is 1.54 bits per heavy atom. The van der Waals surface area contributed by atoms with Crippen molar-refractivity contribution in [2.45, 2.75) is 40.7 Å². The highest BCUT2D eigenvalue weighted by Gasteiger charge is 2.01. The minimum atomic E-state index is 0.648. The first-order valence-corrected chi connectivity index (χ1v) is 8.91. The molecule has 0 aliphatic carbocycles. The van der Waals surface area contributed by atoms with Gasteiger partial charge in [0.2, 0.25) is 0 Å². The SMILES string of the molecule is C=CC(C)C.CNCc1cccc(-c2ccc(CC(C)C)cc2)c1. The molecule has 1 heteroatoms. The van der Waals surface area contributed by atoms with Crippen molar-refractivity contribution in [1.29, 1.82) is 0 Å². The Kier molecular flexibility index (Phi) is 9.11. The van der Waals surface area contributed by atoms with E-state index >= 15 is 0 Å². The van der Waals surface area contributed by atoms with Crippen LogP contribution in [0.4, 0.5) is 0 Å². The summed E-state index contributed by atoms with van der Waals surface area (Å²) in [5, 5.41) is 3.19. The molecule has 130 valence electrons. The van der Waals surface area contributed by atoms with E-state index in [1.54, 1.807) is 0 Å². The van der Waals surface area contributed by atoms with Gasteiger partial charge in [0.25, 0.3) is 0 Å². The van der Waals surface area contributed by atoms with Crippen LogP contribution in [0.2, 0.25) is 0 Å². The fourth-order valence-corrected chi connectivity index (χ4v) is 2.37. The van der Waals surface area contributed by atoms with Gasteiger partial charge in [0.1, 0.15) is 0 Å². The lowest BCUT2D eigenvalue weighted by atomic mass is 9.98. The first kappa shape index (κ1) is 20.2. The van der Waals surface area contributed by atoms with Crippen LogP contribution in [0.15, 0.2) is 61.2 Å². The fraction of sp³-hybridized carbons (Fsp3) is 0.391. The van der Waals surface area contributed by atoms with Crippen molar-refractivity contribution >= 4 is 0 Å². The summed E-state index contributed by atoms with van der Waals surface area (Å²) in [5.74, 6) is 1.36. The van der Waals surface area contributed by atoms with E-state index in [4.69, 9.17) is 0 Å². The minimum absolute atomic E-state index is 0.648. The van der Waals surface area contributed by atoms with Gasteiger partial charge in [-0.15, -0.1) is 6.58 Å². The van der Waals surface area contributed by atoms with Crippen molar-refractivity contribution in [1.82, 2.24) is 5.32 Å². The number of nitrogens with one attached hydrogen (secondary N) is 1. The molecule has 2 aromatic carbocycles. The molecule has 0 fully saturated rings. The van der Waals surface area contributed by atoms with E-state index in [-0.39, 0.29) is 0 Å². The predicted octanol–water partition coefficient (Wildman–Crippen LogP) is 6.10. The molecule has 0 radical (unpaired) electrons. The van der Waals surface area contributed by atoms with E-state index in [0.29, 0.717) is 11.8 Å². The Balaban J connectivity index is 0.000000505. The highest BCUT2D eigenvalue weighted by molar-refractivity contribution is 5.64. The van der Waals surface area contributed by atoms with Crippen LogP contribution in [0.25, 0.3) is 11.1 Å². The Hall–Kier alpha value is -1.86. The zero-order valence-electron chi connectivity index (χ0n) is 16.0. The molecular weight excluding hydrogens is 290 g/mol. The maximum atomic E-state index is 3.56. The molecule has 2 rings (SSSR count). The highest BCUT2D eigenvalue weighted by Crippen LogP contribution is 2.21. The van der Waals surface area contributed by atoms with Crippen molar-refractivity contribution in [2.24, 2.45) is 11.8 Å². The zero-order valence-corrected chi connectivity index (χ0v) is 16.0. The first-order valence-electron chi connectivity index (χ1n) is 8.91. The second-order valence-corrected chi connectivity index (χ2v) is 7.01. The molecule has 0 unspecified atom stereocenters. The Morgan fingerprint density at radius 3 is 2.04 bits per heavy atom. The van der Waals surface area contributed by atoms with Gasteiger partial charge < -0.3 is 5.32 Å². The van der Waals surface area contributed by atoms with Crippen LogP contribution in [-0.2, 0) is 13.0 Å². The van der Waals surface area contributed by atoms with Crippen molar-refractivity contribution in [3.8, 4) is 11.1 Å². The van der Waals surface area contributed by atoms with Gasteiger partial charge in [0, 0.05) is 6.54 Å². The Bertz CT molecular complexity index is 594. The van der Waals surface area contributed by atoms with Crippen LogP contribution in [0.3, 0.4) is 0 Å². The molecule has 0 amide bonds. The van der Waals surface area contributed by atoms with Gasteiger partial charge in [0.15, 0.2) is 0 Å². The first-order chi connectivity index (χ1) is 11.5. The largest absolute Gasteiger partial charge is 0.316 e. The topological polar surface area (TPSA) is 12.0 Å². The van der Waals surface area contributed by atoms with Crippen LogP contribution in [-0.4, -0.2) is 7.05 Å². The lowest BCUT2D eigenvalue weighted by Crippen LogP contribution is -2.04. The monoisotopic (exact) mass is 323 g/mol. The van der Waals surface area contributed by atoms with Gasteiger partial charge in [-0.05, 0) is 53.6 Å². The van der Waals surface area contributed by atoms with E-state index in [2.05, 4.69) is 88.1 Å². The molecule has 0 spiro atoms. The number of allylic oxidation sites excluding steroid dienone is 1. The van der Waals surface area contributed by atoms with E-state index < -0.39 is 0 Å². The molecule has 0 saturated carbocycles. The third-order valence-electron chi connectivity index (χ3n) is 3.71. The molecule has 0 bridgehead atoms. The van der Waals surface area contributed by atoms with Crippen LogP contribution in [0.1, 0.15) is 38.8 Å². The number of benzene rings is 2. The van der Waals surface area contributed by atoms with E-state index in [1.807, 2.05) is 13.1 Å². The molecule has 0 heterocycles. The molecular formula is C23H33N. The number of hydrogen-bond donors (Lipinski definition) is 1. The van der Waals surface area contributed by atoms with Crippen molar-refractivity contribution < 1.29 is 0 Å². The average Bonchev–Trinajstić information content (AvgIpc) is 2.56. The summed E-state index contributed by atoms with van der Waals surface area (Å²) in [6, 6.07) is 17.7. The van der Waals surface area contributed by atoms with Crippen LogP contribution in [0, 0.1) is 11.8 Å². The number of rotatable bonds is 6. The van der Waals surface area contributed by atoms with Crippen molar-refractivity contribution in [3.05, 3.63) is 72.3 Å². The average molecular weight is 324 g/mol. The smallest absolute Gasteiger partial charge is 0.0202 e. The third kappa shape index (κ3) is 7.61. The maximum absolute atomic E-state index is 3.56. The van der Waals surface area contributed by atoms with Gasteiger partial charge in [-0.25, -0.2) is 0 Å². The molecule has 1 nitrogen and oxygen atoms in total. The third-order valence-corrected chi connectivity index (χ3v) is 3.71. The summed E-state index contributed by atoms with van der Waals surface area (Å²) < 4.78 is 0. The Morgan fingerprint density at radius 1 is 0.917 bits per heavy atom. The van der Waals surface area contributed by atoms with E-state index in [0.717, 1.165) is 13.0 Å². The van der Waals surface area contributed by atoms with E-state index in [1.165, 1.54) is 22.3 Å². The highest BCUT2D eigenvalue weighted by atomic mass is 14.8. The standard InChI is InChI=1S/C18H23N.C5H10/c1-14(2)11-15-7-9-17(10-8-15)18-6-4-5-16(12-18)13-19-3;1-4-5(2)3/h4-10,12,14,19H,11,13H2,1-3H3;4-5H,1H2,2-3H3. The summed E-state index contributed by atoms with van der Waals surface area (Å²) >= 11 is 0. The van der Waals surface area contributed by atoms with Crippen molar-refractivity contribution in [2.75, 3.05) is 7.05 Å². The van der Waals surface area contributed by atoms with Crippen molar-refractivity contribution in [3.63, 3.8) is 0 Å². The molecule has 0 aliphatic rings. The van der Waals surface area contributed by atoms with Crippen LogP contribution in [0.5, 0.6) is 0 Å². The van der Waals surface area contributed by atoms with Crippen LogP contribution >= 0.6 is 0 Å². The molecule has 2 aromatic rings. The quantitative estimate of drug-likeness (QED) is 0.633. The summed E-state index contributed by atoms with van der Waals surface area (Å²) in [7, 11) is 1.98. The van der Waals surface area contributed by atoms with E-state index in [9.17, 15) is 0 Å². The van der Waals surface area contributed by atoms with Gasteiger partial charge >= 0.3 is 0 Å². The second kappa shape index (κ2) is 10.8. The second-order valence-electron chi connectivity index (χ2n) is 7.01. The lowest BCUT2D eigenvalue weighted by Gasteiger charge is -2.08. The van der Waals surface area contributed by atoms with Gasteiger partial charge in [-0.1, -0.05) is 76.2 Å². The molecule has 1 N–H and O–H groups in total. The minimum Gasteiger partial charge on any atom is -0.316 e. The summed E-state index contributed by atoms with van der Waals surface area (Å²) in [5.41, 5.74) is 5.34. The molecule has 0 aromatic heterocycles. The van der Waals surface area contributed by atoms with Gasteiger partial charge in [-0.2, -0.15) is 0 Å². The summed E-state index contributed by atoms with van der Waals surface area (Å²) in [6.45, 7) is 13.2. The van der Waals surface area contributed by atoms with Gasteiger partial charge in [-0.3, -0.25) is 0 Å². The molecule has 24 heavy (non-hydrogen) atoms. The summed E-state index contributed by atoms with van der Waals surface area (Å²) in [4.78, 5) is 0. The Labute approximate surface area is 148 Å². The number of hydrogen-bond acceptors (Lipinski definition) is 1. The predicted molar refractivity (Wildman–Crippen MR) is 108 cm³/mol.